The average Bonchev–Trinajstić information content (AvgIpc) is 2.89. The minimum Gasteiger partial charge on any atom is -0.396 e. The van der Waals surface area contributed by atoms with Gasteiger partial charge < -0.3 is 5.11 Å². The SMILES string of the molecule is Cc1ccc(C(=O)C(C)N2CCC(CCO)C2)cc1C. The maximum absolute atomic E-state index is 12.6. The first kappa shape index (κ1) is 15.2. The third-order valence-corrected chi connectivity index (χ3v) is 4.57. The summed E-state index contributed by atoms with van der Waals surface area (Å²) in [7, 11) is 0. The number of hydrogen-bond donors (Lipinski definition) is 1. The Morgan fingerprint density at radius 2 is 2.15 bits per heavy atom. The molecular weight excluding hydrogens is 250 g/mol. The van der Waals surface area contributed by atoms with Gasteiger partial charge in [0, 0.05) is 18.7 Å². The second kappa shape index (κ2) is 6.51. The Hall–Kier alpha value is -1.19. The van der Waals surface area contributed by atoms with Gasteiger partial charge in [0.15, 0.2) is 5.78 Å². The van der Waals surface area contributed by atoms with Gasteiger partial charge in [0.2, 0.25) is 0 Å². The average molecular weight is 275 g/mol. The van der Waals surface area contributed by atoms with E-state index in [0.717, 1.165) is 31.5 Å². The van der Waals surface area contributed by atoms with Crippen molar-refractivity contribution in [2.45, 2.75) is 39.7 Å². The predicted molar refractivity (Wildman–Crippen MR) is 81.1 cm³/mol. The molecule has 0 aromatic heterocycles. The lowest BCUT2D eigenvalue weighted by atomic mass is 9.99. The zero-order valence-corrected chi connectivity index (χ0v) is 12.7. The zero-order chi connectivity index (χ0) is 14.7. The number of carbonyl (C=O) groups excluding carboxylic acids is 1. The molecule has 2 rings (SSSR count). The maximum atomic E-state index is 12.6. The highest BCUT2D eigenvalue weighted by molar-refractivity contribution is 6.00. The van der Waals surface area contributed by atoms with Crippen molar-refractivity contribution in [1.82, 2.24) is 4.90 Å². The van der Waals surface area contributed by atoms with Crippen LogP contribution in [0.25, 0.3) is 0 Å². The molecule has 0 aliphatic carbocycles. The maximum Gasteiger partial charge on any atom is 0.179 e. The normalized spacial score (nSPS) is 21.1. The van der Waals surface area contributed by atoms with E-state index < -0.39 is 0 Å². The molecule has 2 atom stereocenters. The molecule has 0 saturated carbocycles. The van der Waals surface area contributed by atoms with Crippen LogP contribution in [0.15, 0.2) is 18.2 Å². The smallest absolute Gasteiger partial charge is 0.179 e. The lowest BCUT2D eigenvalue weighted by molar-refractivity contribution is 0.0861. The highest BCUT2D eigenvalue weighted by Crippen LogP contribution is 2.23. The van der Waals surface area contributed by atoms with Crippen molar-refractivity contribution < 1.29 is 9.90 Å². The molecule has 20 heavy (non-hydrogen) atoms. The van der Waals surface area contributed by atoms with Crippen LogP contribution in [0.3, 0.4) is 0 Å². The van der Waals surface area contributed by atoms with Gasteiger partial charge in [-0.3, -0.25) is 9.69 Å². The number of Topliss-reactive ketones (excluding diaryl/α,β-unsaturated/α-hetero) is 1. The van der Waals surface area contributed by atoms with E-state index in [2.05, 4.69) is 11.8 Å². The molecular formula is C17H25NO2. The third-order valence-electron chi connectivity index (χ3n) is 4.57. The van der Waals surface area contributed by atoms with Gasteiger partial charge >= 0.3 is 0 Å². The molecule has 1 aliphatic heterocycles. The van der Waals surface area contributed by atoms with Crippen molar-refractivity contribution in [1.29, 1.82) is 0 Å². The first-order valence-corrected chi connectivity index (χ1v) is 7.49. The quantitative estimate of drug-likeness (QED) is 0.840. The van der Waals surface area contributed by atoms with Crippen LogP contribution in [0.5, 0.6) is 0 Å². The fourth-order valence-corrected chi connectivity index (χ4v) is 2.93. The lowest BCUT2D eigenvalue weighted by Gasteiger charge is -2.23. The molecule has 0 radical (unpaired) electrons. The fourth-order valence-electron chi connectivity index (χ4n) is 2.93. The minimum atomic E-state index is -0.0687. The van der Waals surface area contributed by atoms with E-state index in [1.165, 1.54) is 11.1 Å². The number of nitrogens with zero attached hydrogens (tertiary/aromatic N) is 1. The number of aryl methyl sites for hydroxylation is 2. The molecule has 1 saturated heterocycles. The molecule has 0 spiro atoms. The molecule has 2 unspecified atom stereocenters. The summed E-state index contributed by atoms with van der Waals surface area (Å²) in [6.07, 6.45) is 1.94. The number of hydrogen-bond acceptors (Lipinski definition) is 3. The standard InChI is InChI=1S/C17H25NO2/c1-12-4-5-16(10-13(12)2)17(20)14(3)18-8-6-15(11-18)7-9-19/h4-5,10,14-15,19H,6-9,11H2,1-3H3. The number of benzene rings is 1. The Labute approximate surface area is 121 Å². The van der Waals surface area contributed by atoms with Gasteiger partial charge in [0.05, 0.1) is 6.04 Å². The van der Waals surface area contributed by atoms with Gasteiger partial charge in [-0.15, -0.1) is 0 Å². The molecule has 1 heterocycles. The Morgan fingerprint density at radius 1 is 1.40 bits per heavy atom. The van der Waals surface area contributed by atoms with Crippen LogP contribution in [0.1, 0.15) is 41.3 Å². The number of ketones is 1. The first-order chi connectivity index (χ1) is 9.52. The molecule has 0 bridgehead atoms. The molecule has 1 fully saturated rings. The van der Waals surface area contributed by atoms with Crippen LogP contribution in [0, 0.1) is 19.8 Å². The molecule has 3 nitrogen and oxygen atoms in total. The van der Waals surface area contributed by atoms with Crippen molar-refractivity contribution in [3.05, 3.63) is 34.9 Å². The summed E-state index contributed by atoms with van der Waals surface area (Å²) in [5.41, 5.74) is 3.20. The van der Waals surface area contributed by atoms with Gasteiger partial charge in [0.25, 0.3) is 0 Å². The summed E-state index contributed by atoms with van der Waals surface area (Å²) in [4.78, 5) is 14.8. The largest absolute Gasteiger partial charge is 0.396 e. The van der Waals surface area contributed by atoms with Crippen molar-refractivity contribution >= 4 is 5.78 Å². The highest BCUT2D eigenvalue weighted by atomic mass is 16.3. The van der Waals surface area contributed by atoms with E-state index >= 15 is 0 Å². The monoisotopic (exact) mass is 275 g/mol. The van der Waals surface area contributed by atoms with E-state index in [4.69, 9.17) is 5.11 Å². The predicted octanol–water partition coefficient (Wildman–Crippen LogP) is 2.58. The van der Waals surface area contributed by atoms with Crippen LogP contribution < -0.4 is 0 Å². The van der Waals surface area contributed by atoms with Gasteiger partial charge in [-0.2, -0.15) is 0 Å². The Morgan fingerprint density at radius 3 is 2.80 bits per heavy atom. The van der Waals surface area contributed by atoms with Crippen LogP contribution in [0.2, 0.25) is 0 Å². The molecule has 1 N–H and O–H groups in total. The fraction of sp³-hybridized carbons (Fsp3) is 0.588. The van der Waals surface area contributed by atoms with Gasteiger partial charge in [0.1, 0.15) is 0 Å². The van der Waals surface area contributed by atoms with E-state index in [9.17, 15) is 4.79 Å². The van der Waals surface area contributed by atoms with E-state index in [1.54, 1.807) is 0 Å². The van der Waals surface area contributed by atoms with Crippen molar-refractivity contribution in [3.63, 3.8) is 0 Å². The summed E-state index contributed by atoms with van der Waals surface area (Å²) in [5.74, 6) is 0.743. The van der Waals surface area contributed by atoms with Gasteiger partial charge in [-0.1, -0.05) is 12.1 Å². The number of carbonyl (C=O) groups is 1. The Kier molecular flexibility index (Phi) is 4.95. The summed E-state index contributed by atoms with van der Waals surface area (Å²) in [5, 5.41) is 9.01. The summed E-state index contributed by atoms with van der Waals surface area (Å²) >= 11 is 0. The molecule has 1 aromatic rings. The van der Waals surface area contributed by atoms with Gasteiger partial charge in [-0.25, -0.2) is 0 Å². The summed E-state index contributed by atoms with van der Waals surface area (Å²) < 4.78 is 0. The molecule has 1 aromatic carbocycles. The van der Waals surface area contributed by atoms with Gasteiger partial charge in [-0.05, 0) is 63.3 Å². The first-order valence-electron chi connectivity index (χ1n) is 7.49. The molecule has 110 valence electrons. The van der Waals surface area contributed by atoms with Crippen molar-refractivity contribution in [3.8, 4) is 0 Å². The zero-order valence-electron chi connectivity index (χ0n) is 12.7. The number of likely N-dealkylation sites (tertiary alicyclic amines) is 1. The highest BCUT2D eigenvalue weighted by Gasteiger charge is 2.29. The van der Waals surface area contributed by atoms with Crippen LogP contribution in [-0.4, -0.2) is 41.5 Å². The summed E-state index contributed by atoms with van der Waals surface area (Å²) in [6, 6.07) is 5.88. The second-order valence-electron chi connectivity index (χ2n) is 6.00. The lowest BCUT2D eigenvalue weighted by Crippen LogP contribution is -2.37. The summed E-state index contributed by atoms with van der Waals surface area (Å²) in [6.45, 7) is 8.24. The minimum absolute atomic E-state index is 0.0687. The van der Waals surface area contributed by atoms with Crippen LogP contribution in [0.4, 0.5) is 0 Å². The second-order valence-corrected chi connectivity index (χ2v) is 6.00. The van der Waals surface area contributed by atoms with Crippen molar-refractivity contribution in [2.75, 3.05) is 19.7 Å². The molecule has 3 heteroatoms. The van der Waals surface area contributed by atoms with Crippen molar-refractivity contribution in [2.24, 2.45) is 5.92 Å². The number of aliphatic hydroxyl groups excluding tert-OH is 1. The molecule has 0 amide bonds. The number of rotatable bonds is 5. The molecule has 1 aliphatic rings. The van der Waals surface area contributed by atoms with Crippen LogP contribution in [-0.2, 0) is 0 Å². The third kappa shape index (κ3) is 3.28. The number of aliphatic hydroxyl groups is 1. The Bertz CT molecular complexity index is 484. The van der Waals surface area contributed by atoms with E-state index in [1.807, 2.05) is 32.0 Å². The van der Waals surface area contributed by atoms with E-state index in [-0.39, 0.29) is 18.4 Å². The van der Waals surface area contributed by atoms with Crippen LogP contribution >= 0.6 is 0 Å². The topological polar surface area (TPSA) is 40.5 Å². The Balaban J connectivity index is 2.03. The van der Waals surface area contributed by atoms with E-state index in [0.29, 0.717) is 5.92 Å².